The molecule has 4 amide bonds. The molecule has 10 nitrogen and oxygen atoms in total. The zero-order valence-electron chi connectivity index (χ0n) is 23.2. The monoisotopic (exact) mass is 562 g/mol. The number of carbonyl (C=O) groups is 3. The molecule has 0 bridgehead atoms. The summed E-state index contributed by atoms with van der Waals surface area (Å²) in [5.41, 5.74) is 9.00. The topological polar surface area (TPSA) is 122 Å². The van der Waals surface area contributed by atoms with Gasteiger partial charge in [0.2, 0.25) is 5.91 Å². The summed E-state index contributed by atoms with van der Waals surface area (Å²) in [5, 5.41) is 10.7. The number of nitrogens with zero attached hydrogens (tertiary/aromatic N) is 4. The summed E-state index contributed by atoms with van der Waals surface area (Å²) >= 11 is 0. The van der Waals surface area contributed by atoms with Crippen LogP contribution in [0.4, 0.5) is 9.28 Å². The number of piperazine rings is 1. The van der Waals surface area contributed by atoms with Gasteiger partial charge in [0.05, 0.1) is 18.8 Å². The van der Waals surface area contributed by atoms with E-state index in [1.165, 1.54) is 16.0 Å². The first-order chi connectivity index (χ1) is 19.7. The first-order valence-electron chi connectivity index (χ1n) is 14.1. The van der Waals surface area contributed by atoms with E-state index in [1.807, 2.05) is 12.3 Å². The van der Waals surface area contributed by atoms with Crippen LogP contribution in [0.25, 0.3) is 5.69 Å². The number of aromatic nitrogens is 2. The zero-order chi connectivity index (χ0) is 29.0. The predicted molar refractivity (Wildman–Crippen MR) is 152 cm³/mol. The van der Waals surface area contributed by atoms with E-state index in [0.29, 0.717) is 36.9 Å². The summed E-state index contributed by atoms with van der Waals surface area (Å²) in [7, 11) is 0. The molecule has 1 aliphatic heterocycles. The molecule has 0 spiro atoms. The minimum Gasteiger partial charge on any atom is -0.340 e. The molecule has 5 rings (SSSR count). The van der Waals surface area contributed by atoms with E-state index in [9.17, 15) is 18.9 Å². The summed E-state index contributed by atoms with van der Waals surface area (Å²) < 4.78 is 14.9. The Morgan fingerprint density at radius 1 is 1.10 bits per heavy atom. The molecule has 4 N–H and O–H groups in total. The van der Waals surface area contributed by atoms with Crippen LogP contribution in [0.3, 0.4) is 0 Å². The maximum atomic E-state index is 14.6. The number of urea groups is 1. The fourth-order valence-corrected chi connectivity index (χ4v) is 5.33. The third-order valence-corrected chi connectivity index (χ3v) is 8.03. The largest absolute Gasteiger partial charge is 0.452 e. The molecule has 3 aromatic rings. The van der Waals surface area contributed by atoms with Crippen LogP contribution in [-0.4, -0.2) is 82.0 Å². The summed E-state index contributed by atoms with van der Waals surface area (Å²) in [5.74, 6) is -0.156. The molecular weight excluding hydrogens is 525 g/mol. The van der Waals surface area contributed by atoms with Crippen LogP contribution in [0.2, 0.25) is 0 Å². The van der Waals surface area contributed by atoms with Crippen LogP contribution >= 0.6 is 0 Å². The number of hydrogen-bond donors (Lipinski definition) is 3. The minimum atomic E-state index is -1.39. The zero-order valence-corrected chi connectivity index (χ0v) is 23.2. The number of quaternary nitrogens is 1. The second-order valence-electron chi connectivity index (χ2n) is 11.0. The Kier molecular flexibility index (Phi) is 8.46. The van der Waals surface area contributed by atoms with E-state index >= 15 is 0 Å². The number of primary amides is 1. The number of aryl methyl sites for hydroxylation is 1. The molecule has 2 aliphatic rings. The van der Waals surface area contributed by atoms with Gasteiger partial charge < -0.3 is 21.3 Å². The van der Waals surface area contributed by atoms with Gasteiger partial charge in [-0.1, -0.05) is 29.8 Å². The smallest absolute Gasteiger partial charge is 0.340 e. The van der Waals surface area contributed by atoms with Gasteiger partial charge in [-0.15, -0.1) is 0 Å². The van der Waals surface area contributed by atoms with E-state index < -0.39 is 16.8 Å². The molecule has 2 heterocycles. The second-order valence-corrected chi connectivity index (χ2v) is 11.0. The summed E-state index contributed by atoms with van der Waals surface area (Å²) in [4.78, 5) is 39.7. The van der Waals surface area contributed by atoms with E-state index in [0.717, 1.165) is 12.1 Å². The standard InChI is InChI=1S/C30H36FN7O3/c1-21-5-7-22(8-6-21)25-20-27(25)33-13-2-4-26(29(40)36-16-18-38(31,19-17-36)30(32)41)35-28(39)23-9-11-24(12-10-23)37-15-3-14-34-37/h3,5-12,14-15,25-27,33H,2,4,13,16-20H2,1H3,(H2-,32,35,39,41)/p+1/t25-,26-,27+/m0/s1. The minimum absolute atomic E-state index is 0.0434. The van der Waals surface area contributed by atoms with Gasteiger partial charge in [0.1, 0.15) is 19.1 Å². The number of halogens is 1. The molecule has 41 heavy (non-hydrogen) atoms. The Balaban J connectivity index is 1.19. The van der Waals surface area contributed by atoms with Gasteiger partial charge in [-0.3, -0.25) is 9.59 Å². The Morgan fingerprint density at radius 2 is 1.80 bits per heavy atom. The lowest BCUT2D eigenvalue weighted by Gasteiger charge is -2.35. The summed E-state index contributed by atoms with van der Waals surface area (Å²) in [6, 6.07) is 15.9. The van der Waals surface area contributed by atoms with Crippen LogP contribution in [0.5, 0.6) is 0 Å². The molecule has 216 valence electrons. The molecule has 11 heteroatoms. The molecular formula is C30H37FN7O3+. The van der Waals surface area contributed by atoms with Crippen LogP contribution in [0.1, 0.15) is 46.7 Å². The van der Waals surface area contributed by atoms with E-state index in [2.05, 4.69) is 46.9 Å². The average Bonchev–Trinajstić information content (AvgIpc) is 3.53. The van der Waals surface area contributed by atoms with Gasteiger partial charge in [0.25, 0.3) is 5.91 Å². The van der Waals surface area contributed by atoms with Crippen molar-refractivity contribution in [1.29, 1.82) is 0 Å². The lowest BCUT2D eigenvalue weighted by atomic mass is 10.1. The highest BCUT2D eigenvalue weighted by atomic mass is 19.2. The number of nitrogens with two attached hydrogens (primary N) is 1. The first kappa shape index (κ1) is 28.4. The van der Waals surface area contributed by atoms with Crippen LogP contribution in [0.15, 0.2) is 67.0 Å². The Morgan fingerprint density at radius 3 is 2.44 bits per heavy atom. The highest BCUT2D eigenvalue weighted by molar-refractivity contribution is 5.97. The van der Waals surface area contributed by atoms with Crippen molar-refractivity contribution in [2.24, 2.45) is 5.73 Å². The number of nitrogens with one attached hydrogen (secondary N) is 2. The normalized spacial score (nSPS) is 20.3. The van der Waals surface area contributed by atoms with E-state index in [4.69, 9.17) is 5.73 Å². The van der Waals surface area contributed by atoms with Gasteiger partial charge in [-0.2, -0.15) is 5.10 Å². The maximum Gasteiger partial charge on any atom is 0.452 e. The van der Waals surface area contributed by atoms with Crippen LogP contribution in [-0.2, 0) is 4.79 Å². The van der Waals surface area contributed by atoms with Gasteiger partial charge in [-0.05, 0) is 73.3 Å². The molecule has 3 atom stereocenters. The first-order valence-corrected chi connectivity index (χ1v) is 14.1. The Bertz CT molecular complexity index is 1350. The Hall–Kier alpha value is -4.09. The van der Waals surface area contributed by atoms with E-state index in [-0.39, 0.29) is 38.0 Å². The lowest BCUT2D eigenvalue weighted by Crippen LogP contribution is -2.62. The third kappa shape index (κ3) is 6.80. The van der Waals surface area contributed by atoms with Crippen molar-refractivity contribution in [3.63, 3.8) is 0 Å². The molecule has 1 saturated heterocycles. The Labute approximate surface area is 238 Å². The van der Waals surface area contributed by atoms with Gasteiger partial charge in [0.15, 0.2) is 0 Å². The van der Waals surface area contributed by atoms with Crippen LogP contribution in [0, 0.1) is 6.92 Å². The quantitative estimate of drug-likeness (QED) is 0.259. The van der Waals surface area contributed by atoms with Gasteiger partial charge >= 0.3 is 6.03 Å². The molecule has 2 aromatic carbocycles. The lowest BCUT2D eigenvalue weighted by molar-refractivity contribution is -0.990. The van der Waals surface area contributed by atoms with Gasteiger partial charge in [0, 0.05) is 34.4 Å². The van der Waals surface area contributed by atoms with Crippen LogP contribution < -0.4 is 16.4 Å². The van der Waals surface area contributed by atoms with Crippen molar-refractivity contribution in [3.8, 4) is 5.69 Å². The fourth-order valence-electron chi connectivity index (χ4n) is 5.33. The predicted octanol–water partition coefficient (Wildman–Crippen LogP) is 2.83. The van der Waals surface area contributed by atoms with Crippen molar-refractivity contribution < 1.29 is 23.6 Å². The van der Waals surface area contributed by atoms with Crippen molar-refractivity contribution in [2.45, 2.75) is 44.2 Å². The molecule has 0 radical (unpaired) electrons. The van der Waals surface area contributed by atoms with Crippen molar-refractivity contribution in [1.82, 2.24) is 25.3 Å². The highest BCUT2D eigenvalue weighted by Crippen LogP contribution is 2.40. The van der Waals surface area contributed by atoms with E-state index in [1.54, 1.807) is 35.1 Å². The third-order valence-electron chi connectivity index (χ3n) is 8.03. The average molecular weight is 563 g/mol. The number of benzene rings is 2. The molecule has 2 fully saturated rings. The molecule has 1 saturated carbocycles. The van der Waals surface area contributed by atoms with Crippen molar-refractivity contribution >= 4 is 17.8 Å². The van der Waals surface area contributed by atoms with Crippen molar-refractivity contribution in [3.05, 3.63) is 83.7 Å². The summed E-state index contributed by atoms with van der Waals surface area (Å²) in [6.07, 6.45) is 5.65. The second kappa shape index (κ2) is 12.2. The number of rotatable bonds is 10. The number of amides is 4. The van der Waals surface area contributed by atoms with Crippen molar-refractivity contribution in [2.75, 3.05) is 32.7 Å². The summed E-state index contributed by atoms with van der Waals surface area (Å²) in [6.45, 7) is 2.45. The number of carbonyl (C=O) groups excluding carboxylic acids is 3. The molecule has 0 unspecified atom stereocenters. The molecule has 1 aliphatic carbocycles. The van der Waals surface area contributed by atoms with Gasteiger partial charge in [-0.25, -0.2) is 9.48 Å². The molecule has 1 aromatic heterocycles. The highest BCUT2D eigenvalue weighted by Gasteiger charge is 2.43. The maximum absolute atomic E-state index is 14.6. The fraction of sp³-hybridized carbons (Fsp3) is 0.400. The number of hydrogen-bond acceptors (Lipinski definition) is 5. The SMILES string of the molecule is Cc1ccc([C@@H]2C[C@H]2NCCC[C@H](NC(=O)c2ccc(-n3cccn3)cc2)C(=O)N2CC[N+](F)(C(N)=O)CC2)cc1.